The molecule has 0 N–H and O–H groups in total. The van der Waals surface area contributed by atoms with Crippen LogP contribution in [-0.4, -0.2) is 64.0 Å². The molecule has 9 heteroatoms. The van der Waals surface area contributed by atoms with E-state index >= 15 is 0 Å². The first kappa shape index (κ1) is 28.7. The first-order valence-electron chi connectivity index (χ1n) is 13.4. The molecule has 1 saturated heterocycles. The number of sulfonamides is 1. The highest BCUT2D eigenvalue weighted by molar-refractivity contribution is 7.92. The highest BCUT2D eigenvalue weighted by atomic mass is 35.5. The van der Waals surface area contributed by atoms with Crippen LogP contribution in [0.2, 0.25) is 5.02 Å². The summed E-state index contributed by atoms with van der Waals surface area (Å²) in [7, 11) is -2.25. The Morgan fingerprint density at radius 2 is 1.34 bits per heavy atom. The summed E-state index contributed by atoms with van der Waals surface area (Å²) in [6.07, 6.45) is 0. The average Bonchev–Trinajstić information content (AvgIpc) is 3.01. The van der Waals surface area contributed by atoms with E-state index in [2.05, 4.69) is 53.4 Å². The lowest BCUT2D eigenvalue weighted by atomic mass is 9.96. The van der Waals surface area contributed by atoms with Gasteiger partial charge >= 0.3 is 0 Å². The molecular weight excluding hydrogens is 558 g/mol. The van der Waals surface area contributed by atoms with Crippen molar-refractivity contribution < 1.29 is 17.9 Å². The number of hydrogen-bond acceptors (Lipinski definition) is 5. The number of carbonyl (C=O) groups is 1. The third kappa shape index (κ3) is 6.73. The zero-order valence-corrected chi connectivity index (χ0v) is 24.3. The molecule has 5 rings (SSSR count). The summed E-state index contributed by atoms with van der Waals surface area (Å²) >= 11 is 5.89. The van der Waals surface area contributed by atoms with Crippen molar-refractivity contribution in [2.45, 2.75) is 10.9 Å². The minimum Gasteiger partial charge on any atom is -0.484 e. The van der Waals surface area contributed by atoms with E-state index in [0.717, 1.165) is 13.1 Å². The molecule has 0 saturated carbocycles. The number of nitrogens with zero attached hydrogens (tertiary/aromatic N) is 3. The molecule has 0 atom stereocenters. The van der Waals surface area contributed by atoms with Crippen LogP contribution in [0.15, 0.2) is 114 Å². The SMILES string of the molecule is CN(c1ccc(OCC(=O)N2CCN(C(c3ccccc3)c3ccccc3)CC2)cc1)S(=O)(=O)c1ccc(Cl)cc1. The standard InChI is InChI=1S/C32H32ClN3O4S/c1-34(41(38,39)30-18-12-27(33)13-19-30)28-14-16-29(17-15-28)40-24-31(37)35-20-22-36(23-21-35)32(25-8-4-2-5-9-25)26-10-6-3-7-11-26/h2-19,32H,20-24H2,1H3. The maximum atomic E-state index is 13.0. The van der Waals surface area contributed by atoms with Gasteiger partial charge in [-0.3, -0.25) is 14.0 Å². The predicted molar refractivity (Wildman–Crippen MR) is 162 cm³/mol. The zero-order valence-electron chi connectivity index (χ0n) is 22.8. The zero-order chi connectivity index (χ0) is 28.8. The molecule has 1 aliphatic rings. The molecule has 41 heavy (non-hydrogen) atoms. The van der Waals surface area contributed by atoms with Gasteiger partial charge in [0.15, 0.2) is 6.61 Å². The van der Waals surface area contributed by atoms with Crippen molar-refractivity contribution in [3.8, 4) is 5.75 Å². The van der Waals surface area contributed by atoms with Gasteiger partial charge in [0.25, 0.3) is 15.9 Å². The fraction of sp³-hybridized carbons (Fsp3) is 0.219. The van der Waals surface area contributed by atoms with Crippen molar-refractivity contribution in [2.24, 2.45) is 0 Å². The van der Waals surface area contributed by atoms with Crippen LogP contribution in [0.25, 0.3) is 0 Å². The van der Waals surface area contributed by atoms with Gasteiger partial charge in [-0.05, 0) is 59.7 Å². The van der Waals surface area contributed by atoms with E-state index in [1.165, 1.54) is 34.6 Å². The van der Waals surface area contributed by atoms with E-state index in [4.69, 9.17) is 16.3 Å². The van der Waals surface area contributed by atoms with Gasteiger partial charge in [0.1, 0.15) is 5.75 Å². The van der Waals surface area contributed by atoms with Crippen LogP contribution in [0.5, 0.6) is 5.75 Å². The number of ether oxygens (including phenoxy) is 1. The predicted octanol–water partition coefficient (Wildman–Crippen LogP) is 5.48. The molecule has 7 nitrogen and oxygen atoms in total. The number of rotatable bonds is 9. The maximum Gasteiger partial charge on any atom is 0.264 e. The minimum atomic E-state index is -3.74. The van der Waals surface area contributed by atoms with Crippen LogP contribution in [0, 0.1) is 0 Å². The van der Waals surface area contributed by atoms with Crippen LogP contribution >= 0.6 is 11.6 Å². The maximum absolute atomic E-state index is 13.0. The normalized spacial score (nSPS) is 14.2. The first-order chi connectivity index (χ1) is 19.8. The monoisotopic (exact) mass is 589 g/mol. The number of amides is 1. The van der Waals surface area contributed by atoms with E-state index in [1.54, 1.807) is 36.4 Å². The Morgan fingerprint density at radius 1 is 0.805 bits per heavy atom. The fourth-order valence-electron chi connectivity index (χ4n) is 5.01. The minimum absolute atomic E-state index is 0.0767. The van der Waals surface area contributed by atoms with Gasteiger partial charge in [0.2, 0.25) is 0 Å². The quantitative estimate of drug-likeness (QED) is 0.259. The second-order valence-corrected chi connectivity index (χ2v) is 12.3. The highest BCUT2D eigenvalue weighted by Crippen LogP contribution is 2.30. The summed E-state index contributed by atoms with van der Waals surface area (Å²) in [5.74, 6) is 0.415. The van der Waals surface area contributed by atoms with Gasteiger partial charge in [0, 0.05) is 38.2 Å². The molecule has 212 valence electrons. The largest absolute Gasteiger partial charge is 0.484 e. The highest BCUT2D eigenvalue weighted by Gasteiger charge is 2.28. The van der Waals surface area contributed by atoms with Crippen LogP contribution in [0.1, 0.15) is 17.2 Å². The Morgan fingerprint density at radius 3 is 1.88 bits per heavy atom. The Hall–Kier alpha value is -3.85. The molecule has 0 bridgehead atoms. The number of halogens is 1. The summed E-state index contributed by atoms with van der Waals surface area (Å²) in [5.41, 5.74) is 2.94. The van der Waals surface area contributed by atoms with Crippen molar-refractivity contribution in [2.75, 3.05) is 44.1 Å². The number of piperazine rings is 1. The van der Waals surface area contributed by atoms with Gasteiger partial charge in [-0.15, -0.1) is 0 Å². The van der Waals surface area contributed by atoms with Gasteiger partial charge in [-0.2, -0.15) is 0 Å². The Labute approximate surface area is 246 Å². The molecule has 1 aliphatic heterocycles. The fourth-order valence-corrected chi connectivity index (χ4v) is 6.33. The van der Waals surface area contributed by atoms with Crippen molar-refractivity contribution in [1.29, 1.82) is 0 Å². The van der Waals surface area contributed by atoms with E-state index < -0.39 is 10.0 Å². The second kappa shape index (κ2) is 12.8. The van der Waals surface area contributed by atoms with E-state index in [1.807, 2.05) is 17.0 Å². The smallest absolute Gasteiger partial charge is 0.264 e. The first-order valence-corrected chi connectivity index (χ1v) is 15.2. The average molecular weight is 590 g/mol. The van der Waals surface area contributed by atoms with E-state index in [9.17, 15) is 13.2 Å². The molecule has 0 spiro atoms. The number of anilines is 1. The van der Waals surface area contributed by atoms with Gasteiger partial charge in [0.05, 0.1) is 16.6 Å². The van der Waals surface area contributed by atoms with Crippen molar-refractivity contribution in [3.63, 3.8) is 0 Å². The molecular formula is C32H32ClN3O4S. The molecule has 0 aliphatic carbocycles. The Bertz CT molecular complexity index is 1500. The third-order valence-corrected chi connectivity index (χ3v) is 9.35. The lowest BCUT2D eigenvalue weighted by molar-refractivity contribution is -0.135. The lowest BCUT2D eigenvalue weighted by Crippen LogP contribution is -2.51. The van der Waals surface area contributed by atoms with E-state index in [0.29, 0.717) is 29.5 Å². The molecule has 4 aromatic carbocycles. The van der Waals surface area contributed by atoms with Crippen molar-refractivity contribution in [3.05, 3.63) is 125 Å². The summed E-state index contributed by atoms with van der Waals surface area (Å²) < 4.78 is 32.8. The summed E-state index contributed by atoms with van der Waals surface area (Å²) in [6.45, 7) is 2.65. The molecule has 0 unspecified atom stereocenters. The molecule has 4 aromatic rings. The molecule has 0 radical (unpaired) electrons. The number of benzene rings is 4. The van der Waals surface area contributed by atoms with E-state index in [-0.39, 0.29) is 23.5 Å². The molecule has 1 fully saturated rings. The molecule has 1 heterocycles. The van der Waals surface area contributed by atoms with Crippen molar-refractivity contribution >= 4 is 33.2 Å². The Kier molecular flexibility index (Phi) is 8.93. The summed E-state index contributed by atoms with van der Waals surface area (Å²) in [5, 5.41) is 0.466. The van der Waals surface area contributed by atoms with Gasteiger partial charge in [-0.1, -0.05) is 72.3 Å². The Balaban J connectivity index is 1.16. The van der Waals surface area contributed by atoms with Gasteiger partial charge in [-0.25, -0.2) is 8.42 Å². The summed E-state index contributed by atoms with van der Waals surface area (Å²) in [6, 6.07) is 33.7. The van der Waals surface area contributed by atoms with Gasteiger partial charge < -0.3 is 9.64 Å². The van der Waals surface area contributed by atoms with Crippen molar-refractivity contribution in [1.82, 2.24) is 9.80 Å². The van der Waals surface area contributed by atoms with Crippen LogP contribution in [-0.2, 0) is 14.8 Å². The molecule has 0 aromatic heterocycles. The van der Waals surface area contributed by atoms with Crippen LogP contribution in [0.4, 0.5) is 5.69 Å². The summed E-state index contributed by atoms with van der Waals surface area (Å²) in [4.78, 5) is 17.4. The number of carbonyl (C=O) groups excluding carboxylic acids is 1. The topological polar surface area (TPSA) is 70.2 Å². The van der Waals surface area contributed by atoms with Crippen LogP contribution in [0.3, 0.4) is 0 Å². The lowest BCUT2D eigenvalue weighted by Gasteiger charge is -2.39. The second-order valence-electron chi connectivity index (χ2n) is 9.85. The third-order valence-electron chi connectivity index (χ3n) is 7.30. The molecule has 1 amide bonds. The van der Waals surface area contributed by atoms with Crippen LogP contribution < -0.4 is 9.04 Å². The number of hydrogen-bond donors (Lipinski definition) is 0.